The molecule has 2 aromatic rings. The zero-order valence-electron chi connectivity index (χ0n) is 18.6. The Morgan fingerprint density at radius 2 is 1.74 bits per heavy atom. The number of carbonyl (C=O) groups is 2. The Hall–Kier alpha value is -3.06. The van der Waals surface area contributed by atoms with Crippen LogP contribution in [0.4, 0.5) is 5.69 Å². The van der Waals surface area contributed by atoms with Crippen molar-refractivity contribution in [1.29, 1.82) is 0 Å². The van der Waals surface area contributed by atoms with Crippen molar-refractivity contribution in [2.24, 2.45) is 0 Å². The van der Waals surface area contributed by atoms with Crippen LogP contribution in [0, 0.1) is 0 Å². The van der Waals surface area contributed by atoms with Crippen LogP contribution in [0.3, 0.4) is 0 Å². The highest BCUT2D eigenvalue weighted by Crippen LogP contribution is 2.28. The van der Waals surface area contributed by atoms with Gasteiger partial charge in [-0.3, -0.25) is 9.59 Å². The number of nitrogens with zero attached hydrogens (tertiary/aromatic N) is 1. The number of methoxy groups -OCH3 is 2. The van der Waals surface area contributed by atoms with Gasteiger partial charge in [-0.25, -0.2) is 4.90 Å². The number of rotatable bonds is 10. The molecule has 1 N–H and O–H groups in total. The number of carbonyl (C=O) groups excluding carboxylic acids is 2. The van der Waals surface area contributed by atoms with Crippen LogP contribution in [0.15, 0.2) is 42.5 Å². The van der Waals surface area contributed by atoms with Crippen molar-refractivity contribution >= 4 is 17.5 Å². The van der Waals surface area contributed by atoms with Crippen molar-refractivity contribution in [2.45, 2.75) is 32.2 Å². The van der Waals surface area contributed by atoms with E-state index < -0.39 is 0 Å². The monoisotopic (exact) mass is 427 g/mol. The molecule has 31 heavy (non-hydrogen) atoms. The first-order valence-corrected chi connectivity index (χ1v) is 10.6. The molecule has 2 aromatic carbocycles. The van der Waals surface area contributed by atoms with Crippen LogP contribution < -0.4 is 24.0 Å². The number of likely N-dealkylation sites (N-methyl/N-ethyl adjacent to an activating group) is 1. The third-order valence-corrected chi connectivity index (χ3v) is 5.57. The van der Waals surface area contributed by atoms with Gasteiger partial charge in [-0.15, -0.1) is 0 Å². The van der Waals surface area contributed by atoms with E-state index in [1.165, 1.54) is 4.90 Å². The standard InChI is InChI=1S/C24H30N2O5/c1-5-14-31-19-9-7-18(8-10-19)26-23(27)16-20(24(26)28)25(2)13-12-17-6-11-21(29-3)22(15-17)30-4/h6-11,15,20H,5,12-14,16H2,1-4H3/p+1/t20-/m1/s1. The summed E-state index contributed by atoms with van der Waals surface area (Å²) in [5.41, 5.74) is 1.68. The lowest BCUT2D eigenvalue weighted by Gasteiger charge is -2.20. The molecule has 166 valence electrons. The van der Waals surface area contributed by atoms with Gasteiger partial charge in [-0.1, -0.05) is 13.0 Å². The molecule has 1 heterocycles. The Morgan fingerprint density at radius 1 is 1.03 bits per heavy atom. The van der Waals surface area contributed by atoms with Crippen molar-refractivity contribution in [1.82, 2.24) is 0 Å². The van der Waals surface area contributed by atoms with Gasteiger partial charge in [-0.05, 0) is 48.4 Å². The topological polar surface area (TPSA) is 69.5 Å². The van der Waals surface area contributed by atoms with Crippen molar-refractivity contribution in [2.75, 3.05) is 39.3 Å². The summed E-state index contributed by atoms with van der Waals surface area (Å²) in [7, 11) is 5.18. The highest BCUT2D eigenvalue weighted by Gasteiger charge is 2.44. The summed E-state index contributed by atoms with van der Waals surface area (Å²) in [6, 6.07) is 12.6. The highest BCUT2D eigenvalue weighted by molar-refractivity contribution is 6.21. The van der Waals surface area contributed by atoms with E-state index in [0.29, 0.717) is 23.8 Å². The van der Waals surface area contributed by atoms with E-state index in [1.54, 1.807) is 38.5 Å². The van der Waals surface area contributed by atoms with E-state index in [2.05, 4.69) is 0 Å². The second-order valence-corrected chi connectivity index (χ2v) is 7.70. The van der Waals surface area contributed by atoms with Crippen LogP contribution in [0.5, 0.6) is 17.2 Å². The summed E-state index contributed by atoms with van der Waals surface area (Å²) in [5.74, 6) is 1.78. The normalized spacial score (nSPS) is 17.0. The smallest absolute Gasteiger partial charge is 0.292 e. The largest absolute Gasteiger partial charge is 0.494 e. The first-order valence-electron chi connectivity index (χ1n) is 10.6. The molecule has 1 aliphatic rings. The first-order chi connectivity index (χ1) is 15.0. The Bertz CT molecular complexity index is 913. The minimum absolute atomic E-state index is 0.156. The maximum absolute atomic E-state index is 13.0. The fraction of sp³-hybridized carbons (Fsp3) is 0.417. The number of anilines is 1. The van der Waals surface area contributed by atoms with Gasteiger partial charge in [0.1, 0.15) is 5.75 Å². The minimum atomic E-state index is -0.385. The molecular weight excluding hydrogens is 396 g/mol. The average Bonchev–Trinajstić information content (AvgIpc) is 3.10. The van der Waals surface area contributed by atoms with Gasteiger partial charge in [0, 0.05) is 6.42 Å². The average molecular weight is 428 g/mol. The van der Waals surface area contributed by atoms with Crippen LogP contribution >= 0.6 is 0 Å². The number of amides is 2. The molecule has 1 fully saturated rings. The molecule has 0 saturated carbocycles. The summed E-state index contributed by atoms with van der Waals surface area (Å²) < 4.78 is 16.2. The second-order valence-electron chi connectivity index (χ2n) is 7.70. The molecule has 1 aliphatic heterocycles. The number of benzene rings is 2. The molecule has 0 bridgehead atoms. The van der Waals surface area contributed by atoms with Crippen LogP contribution in [0.25, 0.3) is 0 Å². The quantitative estimate of drug-likeness (QED) is 0.587. The van der Waals surface area contributed by atoms with E-state index in [4.69, 9.17) is 14.2 Å². The molecular formula is C24H31N2O5+. The predicted octanol–water partition coefficient (Wildman–Crippen LogP) is 1.88. The molecule has 0 aromatic heterocycles. The van der Waals surface area contributed by atoms with E-state index in [9.17, 15) is 9.59 Å². The number of imide groups is 1. The van der Waals surface area contributed by atoms with Crippen molar-refractivity contribution in [3.63, 3.8) is 0 Å². The first kappa shape index (κ1) is 22.6. The molecule has 3 rings (SSSR count). The molecule has 2 amide bonds. The number of hydrogen-bond acceptors (Lipinski definition) is 5. The molecule has 0 spiro atoms. The van der Waals surface area contributed by atoms with Crippen LogP contribution in [0.2, 0.25) is 0 Å². The Balaban J connectivity index is 1.63. The van der Waals surface area contributed by atoms with Crippen LogP contribution in [-0.4, -0.2) is 52.3 Å². The van der Waals surface area contributed by atoms with Gasteiger partial charge in [-0.2, -0.15) is 0 Å². The summed E-state index contributed by atoms with van der Waals surface area (Å²) in [6.07, 6.45) is 1.89. The third kappa shape index (κ3) is 5.17. The van der Waals surface area contributed by atoms with Gasteiger partial charge in [0.25, 0.3) is 5.91 Å². The molecule has 2 atom stereocenters. The zero-order chi connectivity index (χ0) is 22.4. The Kier molecular flexibility index (Phi) is 7.52. The Morgan fingerprint density at radius 3 is 2.39 bits per heavy atom. The van der Waals surface area contributed by atoms with Gasteiger partial charge >= 0.3 is 0 Å². The fourth-order valence-corrected chi connectivity index (χ4v) is 3.75. The summed E-state index contributed by atoms with van der Waals surface area (Å²) >= 11 is 0. The third-order valence-electron chi connectivity index (χ3n) is 5.57. The van der Waals surface area contributed by atoms with Crippen molar-refractivity contribution in [3.8, 4) is 17.2 Å². The maximum Gasteiger partial charge on any atom is 0.292 e. The van der Waals surface area contributed by atoms with Crippen molar-refractivity contribution < 1.29 is 28.7 Å². The SMILES string of the molecule is CCCOc1ccc(N2C(=O)C[C@@H]([NH+](C)CCc3ccc(OC)c(OC)c3)C2=O)cc1. The lowest BCUT2D eigenvalue weighted by atomic mass is 10.1. The minimum Gasteiger partial charge on any atom is -0.494 e. The van der Waals surface area contributed by atoms with Crippen LogP contribution in [-0.2, 0) is 16.0 Å². The molecule has 1 saturated heterocycles. The number of nitrogens with one attached hydrogen (secondary N) is 1. The Labute approximate surface area is 183 Å². The lowest BCUT2D eigenvalue weighted by Crippen LogP contribution is -3.14. The van der Waals surface area contributed by atoms with Crippen LogP contribution in [0.1, 0.15) is 25.3 Å². The number of quaternary nitrogens is 1. The molecule has 0 aliphatic carbocycles. The van der Waals surface area contributed by atoms with Gasteiger partial charge in [0.05, 0.1) is 46.5 Å². The summed E-state index contributed by atoms with van der Waals surface area (Å²) in [5, 5.41) is 0. The zero-order valence-corrected chi connectivity index (χ0v) is 18.6. The van der Waals surface area contributed by atoms with Crippen molar-refractivity contribution in [3.05, 3.63) is 48.0 Å². The summed E-state index contributed by atoms with van der Waals surface area (Å²) in [6.45, 7) is 3.40. The highest BCUT2D eigenvalue weighted by atomic mass is 16.5. The molecule has 7 nitrogen and oxygen atoms in total. The molecule has 0 radical (unpaired) electrons. The molecule has 1 unspecified atom stereocenters. The van der Waals surface area contributed by atoms with E-state index >= 15 is 0 Å². The van der Waals surface area contributed by atoms with E-state index in [1.807, 2.05) is 32.2 Å². The summed E-state index contributed by atoms with van der Waals surface area (Å²) in [4.78, 5) is 28.0. The van der Waals surface area contributed by atoms with Gasteiger partial charge in [0.15, 0.2) is 17.5 Å². The van der Waals surface area contributed by atoms with E-state index in [0.717, 1.165) is 35.6 Å². The fourth-order valence-electron chi connectivity index (χ4n) is 3.75. The van der Waals surface area contributed by atoms with Gasteiger partial charge in [0.2, 0.25) is 5.91 Å². The lowest BCUT2D eigenvalue weighted by molar-refractivity contribution is -0.894. The maximum atomic E-state index is 13.0. The van der Waals surface area contributed by atoms with E-state index in [-0.39, 0.29) is 24.3 Å². The molecule has 7 heteroatoms. The number of hydrogen-bond donors (Lipinski definition) is 1. The predicted molar refractivity (Wildman–Crippen MR) is 118 cm³/mol. The second kappa shape index (κ2) is 10.3. The number of ether oxygens (including phenoxy) is 3. The van der Waals surface area contributed by atoms with Gasteiger partial charge < -0.3 is 19.1 Å².